The van der Waals surface area contributed by atoms with E-state index in [0.29, 0.717) is 5.16 Å². The Morgan fingerprint density at radius 3 is 2.32 bits per heavy atom. The molecule has 6 nitrogen and oxygen atoms in total. The Labute approximate surface area is 169 Å². The molecule has 0 bridgehead atoms. The fourth-order valence-corrected chi connectivity index (χ4v) is 3.81. The van der Waals surface area contributed by atoms with Gasteiger partial charge in [-0.15, -0.1) is 10.2 Å². The van der Waals surface area contributed by atoms with E-state index in [0.717, 1.165) is 34.1 Å². The smallest absolute Gasteiger partial charge is 0.237 e. The number of aryl methyl sites for hydroxylation is 3. The second kappa shape index (κ2) is 8.48. The highest BCUT2D eigenvalue weighted by Crippen LogP contribution is 2.28. The van der Waals surface area contributed by atoms with E-state index in [2.05, 4.69) is 15.5 Å². The lowest BCUT2D eigenvalue weighted by Gasteiger charge is -2.16. The SMILES string of the molecule is COc1ccc(-n2c(C)nnc2SC(C)C(=O)Nc2c(C)cccc2C)cc1. The van der Waals surface area contributed by atoms with Gasteiger partial charge in [-0.25, -0.2) is 0 Å². The number of thioether (sulfide) groups is 1. The van der Waals surface area contributed by atoms with E-state index in [4.69, 9.17) is 4.74 Å². The van der Waals surface area contributed by atoms with Crippen molar-refractivity contribution in [2.75, 3.05) is 12.4 Å². The maximum absolute atomic E-state index is 12.8. The summed E-state index contributed by atoms with van der Waals surface area (Å²) in [6, 6.07) is 13.6. The lowest BCUT2D eigenvalue weighted by molar-refractivity contribution is -0.115. The highest BCUT2D eigenvalue weighted by atomic mass is 32.2. The molecule has 1 amide bonds. The van der Waals surface area contributed by atoms with Crippen LogP contribution in [-0.2, 0) is 4.79 Å². The number of hydrogen-bond acceptors (Lipinski definition) is 5. The van der Waals surface area contributed by atoms with Gasteiger partial charge in [0.15, 0.2) is 5.16 Å². The maximum atomic E-state index is 12.8. The van der Waals surface area contributed by atoms with Gasteiger partial charge < -0.3 is 10.1 Å². The molecule has 0 aliphatic carbocycles. The van der Waals surface area contributed by atoms with Crippen LogP contribution in [0.15, 0.2) is 47.6 Å². The molecule has 0 fully saturated rings. The van der Waals surface area contributed by atoms with Gasteiger partial charge in [-0.2, -0.15) is 0 Å². The van der Waals surface area contributed by atoms with Crippen molar-refractivity contribution in [1.82, 2.24) is 14.8 Å². The summed E-state index contributed by atoms with van der Waals surface area (Å²) in [4.78, 5) is 12.8. The van der Waals surface area contributed by atoms with Crippen LogP contribution in [0.2, 0.25) is 0 Å². The minimum absolute atomic E-state index is 0.0654. The first-order valence-electron chi connectivity index (χ1n) is 9.01. The molecule has 1 unspecified atom stereocenters. The van der Waals surface area contributed by atoms with Gasteiger partial charge in [0.2, 0.25) is 5.91 Å². The number of nitrogens with zero attached hydrogens (tertiary/aromatic N) is 3. The minimum Gasteiger partial charge on any atom is -0.497 e. The van der Waals surface area contributed by atoms with Crippen molar-refractivity contribution >= 4 is 23.4 Å². The Hall–Kier alpha value is -2.80. The molecule has 0 aliphatic heterocycles. The van der Waals surface area contributed by atoms with Crippen LogP contribution >= 0.6 is 11.8 Å². The van der Waals surface area contributed by atoms with Gasteiger partial charge >= 0.3 is 0 Å². The third-order valence-corrected chi connectivity index (χ3v) is 5.55. The number of hydrogen-bond donors (Lipinski definition) is 1. The maximum Gasteiger partial charge on any atom is 0.237 e. The second-order valence-electron chi connectivity index (χ2n) is 6.58. The predicted molar refractivity (Wildman–Crippen MR) is 113 cm³/mol. The highest BCUT2D eigenvalue weighted by Gasteiger charge is 2.21. The molecule has 1 N–H and O–H groups in total. The molecule has 0 saturated heterocycles. The number of ether oxygens (including phenoxy) is 1. The molecule has 0 saturated carbocycles. The number of anilines is 1. The molecule has 146 valence electrons. The van der Waals surface area contributed by atoms with E-state index in [1.165, 1.54) is 11.8 Å². The number of carbonyl (C=O) groups excluding carboxylic acids is 1. The molecular weight excluding hydrogens is 372 g/mol. The molecule has 3 aromatic rings. The summed E-state index contributed by atoms with van der Waals surface area (Å²) in [6.07, 6.45) is 0. The average Bonchev–Trinajstić information content (AvgIpc) is 3.04. The first kappa shape index (κ1) is 19.9. The topological polar surface area (TPSA) is 69.0 Å². The number of carbonyl (C=O) groups is 1. The van der Waals surface area contributed by atoms with Gasteiger partial charge in [0.25, 0.3) is 0 Å². The third kappa shape index (κ3) is 4.20. The van der Waals surface area contributed by atoms with Gasteiger partial charge in [-0.3, -0.25) is 9.36 Å². The predicted octanol–water partition coefficient (Wildman–Crippen LogP) is 4.32. The highest BCUT2D eigenvalue weighted by molar-refractivity contribution is 8.00. The molecule has 7 heteroatoms. The van der Waals surface area contributed by atoms with Gasteiger partial charge in [0.05, 0.1) is 12.4 Å². The molecular formula is C21H24N4O2S. The number of para-hydroxylation sites is 1. The lowest BCUT2D eigenvalue weighted by Crippen LogP contribution is -2.23. The fraction of sp³-hybridized carbons (Fsp3) is 0.286. The van der Waals surface area contributed by atoms with Crippen LogP contribution in [0, 0.1) is 20.8 Å². The summed E-state index contributed by atoms with van der Waals surface area (Å²) in [5.41, 5.74) is 3.88. The zero-order chi connectivity index (χ0) is 20.3. The summed E-state index contributed by atoms with van der Waals surface area (Å²) in [5.74, 6) is 1.48. The Morgan fingerprint density at radius 1 is 1.07 bits per heavy atom. The van der Waals surface area contributed by atoms with Crippen LogP contribution in [0.1, 0.15) is 23.9 Å². The molecule has 2 aromatic carbocycles. The third-order valence-electron chi connectivity index (χ3n) is 4.51. The number of methoxy groups -OCH3 is 1. The van der Waals surface area contributed by atoms with Gasteiger partial charge in [0, 0.05) is 11.4 Å². The van der Waals surface area contributed by atoms with E-state index in [1.54, 1.807) is 7.11 Å². The Bertz CT molecular complexity index is 962. The van der Waals surface area contributed by atoms with Crippen molar-refractivity contribution in [1.29, 1.82) is 0 Å². The zero-order valence-electron chi connectivity index (χ0n) is 16.7. The van der Waals surface area contributed by atoms with E-state index in [-0.39, 0.29) is 11.2 Å². The monoisotopic (exact) mass is 396 g/mol. The van der Waals surface area contributed by atoms with Crippen LogP contribution in [0.4, 0.5) is 5.69 Å². The number of amides is 1. The van der Waals surface area contributed by atoms with Crippen LogP contribution < -0.4 is 10.1 Å². The van der Waals surface area contributed by atoms with E-state index in [1.807, 2.05) is 74.7 Å². The van der Waals surface area contributed by atoms with Gasteiger partial charge in [0.1, 0.15) is 11.6 Å². The summed E-state index contributed by atoms with van der Waals surface area (Å²) in [5, 5.41) is 11.8. The summed E-state index contributed by atoms with van der Waals surface area (Å²) < 4.78 is 7.16. The molecule has 0 radical (unpaired) electrons. The van der Waals surface area contributed by atoms with E-state index in [9.17, 15) is 4.79 Å². The average molecular weight is 397 g/mol. The summed E-state index contributed by atoms with van der Waals surface area (Å²) in [7, 11) is 1.64. The molecule has 3 rings (SSSR count). The fourth-order valence-electron chi connectivity index (χ4n) is 2.90. The number of rotatable bonds is 6. The van der Waals surface area contributed by atoms with Gasteiger partial charge in [-0.05, 0) is 63.1 Å². The largest absolute Gasteiger partial charge is 0.497 e. The van der Waals surface area contributed by atoms with Crippen molar-refractivity contribution in [2.24, 2.45) is 0 Å². The van der Waals surface area contributed by atoms with Crippen molar-refractivity contribution in [3.8, 4) is 11.4 Å². The van der Waals surface area contributed by atoms with Crippen LogP contribution in [0.25, 0.3) is 5.69 Å². The normalized spacial score (nSPS) is 11.9. The summed E-state index contributed by atoms with van der Waals surface area (Å²) >= 11 is 1.38. The van der Waals surface area contributed by atoms with Crippen molar-refractivity contribution < 1.29 is 9.53 Å². The van der Waals surface area contributed by atoms with Crippen molar-refractivity contribution in [3.05, 3.63) is 59.4 Å². The lowest BCUT2D eigenvalue weighted by atomic mass is 10.1. The van der Waals surface area contributed by atoms with E-state index < -0.39 is 0 Å². The van der Waals surface area contributed by atoms with E-state index >= 15 is 0 Å². The van der Waals surface area contributed by atoms with Crippen molar-refractivity contribution in [2.45, 2.75) is 38.1 Å². The standard InChI is InChI=1S/C21H24N4O2S/c1-13-7-6-8-14(2)19(13)22-20(26)15(3)28-21-24-23-16(4)25(21)17-9-11-18(27-5)12-10-17/h6-12,15H,1-5H3,(H,22,26). The summed E-state index contributed by atoms with van der Waals surface area (Å²) in [6.45, 7) is 7.74. The van der Waals surface area contributed by atoms with Gasteiger partial charge in [-0.1, -0.05) is 30.0 Å². The molecule has 0 spiro atoms. The van der Waals surface area contributed by atoms with Crippen LogP contribution in [-0.4, -0.2) is 33.0 Å². The zero-order valence-corrected chi connectivity index (χ0v) is 17.5. The number of benzene rings is 2. The molecule has 1 heterocycles. The first-order chi connectivity index (χ1) is 13.4. The molecule has 0 aliphatic rings. The first-order valence-corrected chi connectivity index (χ1v) is 9.89. The second-order valence-corrected chi connectivity index (χ2v) is 7.89. The van der Waals surface area contributed by atoms with Crippen molar-refractivity contribution in [3.63, 3.8) is 0 Å². The molecule has 1 aromatic heterocycles. The molecule has 1 atom stereocenters. The number of aromatic nitrogens is 3. The Morgan fingerprint density at radius 2 is 1.71 bits per heavy atom. The molecule has 28 heavy (non-hydrogen) atoms. The van der Waals surface area contributed by atoms with Crippen LogP contribution in [0.3, 0.4) is 0 Å². The Kier molecular flexibility index (Phi) is 6.04. The van der Waals surface area contributed by atoms with Crippen LogP contribution in [0.5, 0.6) is 5.75 Å². The minimum atomic E-state index is -0.334. The Balaban J connectivity index is 1.79. The quantitative estimate of drug-likeness (QED) is 0.629. The number of nitrogens with one attached hydrogen (secondary N) is 1.